The van der Waals surface area contributed by atoms with Gasteiger partial charge in [0.25, 0.3) is 0 Å². The summed E-state index contributed by atoms with van der Waals surface area (Å²) >= 11 is 0. The third kappa shape index (κ3) is 3.02. The lowest BCUT2D eigenvalue weighted by Crippen LogP contribution is -2.39. The van der Waals surface area contributed by atoms with E-state index in [0.717, 1.165) is 37.3 Å². The van der Waals surface area contributed by atoms with Crippen molar-refractivity contribution in [1.29, 1.82) is 0 Å². The summed E-state index contributed by atoms with van der Waals surface area (Å²) in [5.74, 6) is 0.964. The highest BCUT2D eigenvalue weighted by atomic mass is 16.6. The van der Waals surface area contributed by atoms with E-state index in [2.05, 4.69) is 42.6 Å². The third-order valence-corrected chi connectivity index (χ3v) is 7.57. The first-order chi connectivity index (χ1) is 14.0. The average Bonchev–Trinajstić information content (AvgIpc) is 3.50. The van der Waals surface area contributed by atoms with Gasteiger partial charge in [0.2, 0.25) is 11.8 Å². The number of benzene rings is 1. The molecule has 1 aromatic carbocycles. The quantitative estimate of drug-likeness (QED) is 0.795. The number of anilines is 1. The van der Waals surface area contributed by atoms with Crippen molar-refractivity contribution in [3.8, 4) is 0 Å². The highest BCUT2D eigenvalue weighted by Gasteiger charge is 2.68. The highest BCUT2D eigenvalue weighted by molar-refractivity contribution is 6.00. The summed E-state index contributed by atoms with van der Waals surface area (Å²) in [5.41, 5.74) is 3.13. The minimum atomic E-state index is -0.476. The number of amides is 2. The fourth-order valence-electron chi connectivity index (χ4n) is 5.76. The lowest BCUT2D eigenvalue weighted by molar-refractivity contribution is -0.128. The molecule has 0 bridgehead atoms. The van der Waals surface area contributed by atoms with Crippen molar-refractivity contribution in [1.82, 2.24) is 5.32 Å². The third-order valence-electron chi connectivity index (χ3n) is 7.57. The summed E-state index contributed by atoms with van der Waals surface area (Å²) < 4.78 is 5.94. The first-order valence-electron chi connectivity index (χ1n) is 11.0. The van der Waals surface area contributed by atoms with Crippen LogP contribution in [0, 0.1) is 23.7 Å². The van der Waals surface area contributed by atoms with Gasteiger partial charge in [0.1, 0.15) is 0 Å². The molecule has 1 saturated carbocycles. The topological polar surface area (TPSA) is 61.9 Å². The number of carbonyl (C=O) groups is 2. The van der Waals surface area contributed by atoms with Crippen molar-refractivity contribution in [2.24, 2.45) is 23.7 Å². The van der Waals surface area contributed by atoms with Crippen LogP contribution in [-0.2, 0) is 14.3 Å². The van der Waals surface area contributed by atoms with Crippen LogP contribution in [0.1, 0.15) is 51.0 Å². The molecule has 2 heterocycles. The second-order valence-electron chi connectivity index (χ2n) is 9.30. The van der Waals surface area contributed by atoms with E-state index < -0.39 is 5.72 Å². The predicted octanol–water partition coefficient (Wildman–Crippen LogP) is 3.74. The van der Waals surface area contributed by atoms with Crippen LogP contribution in [0.3, 0.4) is 0 Å². The number of nitrogens with one attached hydrogen (secondary N) is 1. The molecular formula is C24H30N2O3. The summed E-state index contributed by atoms with van der Waals surface area (Å²) in [7, 11) is 1.67. The number of rotatable bonds is 3. The Balaban J connectivity index is 1.39. The van der Waals surface area contributed by atoms with Gasteiger partial charge in [0.05, 0.1) is 6.61 Å². The molecule has 29 heavy (non-hydrogen) atoms. The molecule has 1 N–H and O–H groups in total. The van der Waals surface area contributed by atoms with Crippen molar-refractivity contribution < 1.29 is 14.3 Å². The maximum atomic E-state index is 13.4. The SMILES string of the molecule is CNC(=O)C1CCC2C(C1)C(=O)N(c1ccc(C3=CCC(C)CC3)cc1)C21CO1. The van der Waals surface area contributed by atoms with Crippen LogP contribution < -0.4 is 10.2 Å². The first-order valence-corrected chi connectivity index (χ1v) is 11.0. The van der Waals surface area contributed by atoms with E-state index in [1.165, 1.54) is 17.6 Å². The number of hydrogen-bond acceptors (Lipinski definition) is 3. The number of nitrogens with zero attached hydrogens (tertiary/aromatic N) is 1. The fourth-order valence-corrected chi connectivity index (χ4v) is 5.76. The minimum absolute atomic E-state index is 0.0555. The highest BCUT2D eigenvalue weighted by Crippen LogP contribution is 2.56. The maximum Gasteiger partial charge on any atom is 0.233 e. The van der Waals surface area contributed by atoms with Gasteiger partial charge in [-0.25, -0.2) is 0 Å². The van der Waals surface area contributed by atoms with E-state index in [0.29, 0.717) is 13.0 Å². The van der Waals surface area contributed by atoms with Gasteiger partial charge in [-0.2, -0.15) is 0 Å². The van der Waals surface area contributed by atoms with E-state index in [-0.39, 0.29) is 29.6 Å². The normalized spacial score (nSPS) is 36.0. The van der Waals surface area contributed by atoms with Crippen LogP contribution in [0.2, 0.25) is 0 Å². The standard InChI is InChI=1S/C24H30N2O3/c1-15-3-5-16(6-4-15)17-7-10-19(11-8-17)26-23(28)20-13-18(22(27)25-2)9-12-21(20)24(26)14-29-24/h5,7-8,10-11,15,18,20-21H,3-4,6,9,12-14H2,1-2H3,(H,25,27). The van der Waals surface area contributed by atoms with E-state index in [9.17, 15) is 9.59 Å². The van der Waals surface area contributed by atoms with E-state index in [1.54, 1.807) is 7.05 Å². The average molecular weight is 395 g/mol. The van der Waals surface area contributed by atoms with E-state index in [4.69, 9.17) is 4.74 Å². The molecule has 1 spiro atoms. The van der Waals surface area contributed by atoms with Gasteiger partial charge in [-0.05, 0) is 67.7 Å². The Hall–Kier alpha value is -2.14. The Morgan fingerprint density at radius 1 is 1.21 bits per heavy atom. The zero-order chi connectivity index (χ0) is 20.2. The minimum Gasteiger partial charge on any atom is -0.359 e. The van der Waals surface area contributed by atoms with Gasteiger partial charge < -0.3 is 10.1 Å². The molecular weight excluding hydrogens is 364 g/mol. The lowest BCUT2D eigenvalue weighted by Gasteiger charge is -2.30. The van der Waals surface area contributed by atoms with Gasteiger partial charge in [-0.15, -0.1) is 0 Å². The van der Waals surface area contributed by atoms with Crippen LogP contribution in [0.25, 0.3) is 5.57 Å². The molecule has 3 fully saturated rings. The predicted molar refractivity (Wildman–Crippen MR) is 112 cm³/mol. The van der Waals surface area contributed by atoms with Gasteiger partial charge >= 0.3 is 0 Å². The van der Waals surface area contributed by atoms with Crippen LogP contribution in [0.4, 0.5) is 5.69 Å². The Bertz CT molecular complexity index is 855. The molecule has 0 radical (unpaired) electrons. The van der Waals surface area contributed by atoms with Crippen molar-refractivity contribution >= 4 is 23.1 Å². The summed E-state index contributed by atoms with van der Waals surface area (Å²) in [6, 6.07) is 8.44. The molecule has 4 aliphatic rings. The van der Waals surface area contributed by atoms with Crippen molar-refractivity contribution in [3.05, 3.63) is 35.9 Å². The summed E-state index contributed by atoms with van der Waals surface area (Å²) in [6.45, 7) is 2.91. The number of carbonyl (C=O) groups excluding carboxylic acids is 2. The lowest BCUT2D eigenvalue weighted by atomic mass is 9.73. The second kappa shape index (κ2) is 6.98. The summed E-state index contributed by atoms with van der Waals surface area (Å²) in [6.07, 6.45) is 8.21. The Kier molecular flexibility index (Phi) is 4.54. The zero-order valence-corrected chi connectivity index (χ0v) is 17.3. The van der Waals surface area contributed by atoms with Crippen molar-refractivity contribution in [3.63, 3.8) is 0 Å². The zero-order valence-electron chi connectivity index (χ0n) is 17.3. The Morgan fingerprint density at radius 2 is 1.97 bits per heavy atom. The molecule has 1 aromatic rings. The number of allylic oxidation sites excluding steroid dienone is 2. The number of fused-ring (bicyclic) bond motifs is 2. The number of epoxide rings is 1. The van der Waals surface area contributed by atoms with E-state index in [1.807, 2.05) is 4.90 Å². The molecule has 2 aliphatic heterocycles. The smallest absolute Gasteiger partial charge is 0.233 e. The maximum absolute atomic E-state index is 13.4. The molecule has 5 heteroatoms. The van der Waals surface area contributed by atoms with Crippen molar-refractivity contribution in [2.45, 2.75) is 51.2 Å². The van der Waals surface area contributed by atoms with Gasteiger partial charge in [0, 0.05) is 30.5 Å². The van der Waals surface area contributed by atoms with Crippen LogP contribution in [-0.4, -0.2) is 31.2 Å². The largest absolute Gasteiger partial charge is 0.359 e. The molecule has 2 aliphatic carbocycles. The Morgan fingerprint density at radius 3 is 2.59 bits per heavy atom. The fraction of sp³-hybridized carbons (Fsp3) is 0.583. The number of hydrogen-bond donors (Lipinski definition) is 1. The number of ether oxygens (including phenoxy) is 1. The van der Waals surface area contributed by atoms with Gasteiger partial charge in [0.15, 0.2) is 5.72 Å². The van der Waals surface area contributed by atoms with Crippen LogP contribution in [0.5, 0.6) is 0 Å². The molecule has 2 amide bonds. The first kappa shape index (κ1) is 18.9. The molecule has 5 rings (SSSR count). The molecule has 154 valence electrons. The van der Waals surface area contributed by atoms with Crippen LogP contribution >= 0.6 is 0 Å². The van der Waals surface area contributed by atoms with Gasteiger partial charge in [-0.1, -0.05) is 25.1 Å². The molecule has 2 saturated heterocycles. The second-order valence-corrected chi connectivity index (χ2v) is 9.30. The molecule has 5 atom stereocenters. The molecule has 5 nitrogen and oxygen atoms in total. The van der Waals surface area contributed by atoms with Crippen molar-refractivity contribution in [2.75, 3.05) is 18.6 Å². The molecule has 5 unspecified atom stereocenters. The summed E-state index contributed by atoms with van der Waals surface area (Å²) in [5, 5.41) is 2.75. The summed E-state index contributed by atoms with van der Waals surface area (Å²) in [4.78, 5) is 27.4. The Labute approximate surface area is 172 Å². The van der Waals surface area contributed by atoms with Gasteiger partial charge in [-0.3, -0.25) is 14.5 Å². The molecule has 0 aromatic heterocycles. The van der Waals surface area contributed by atoms with Crippen LogP contribution in [0.15, 0.2) is 30.3 Å². The monoisotopic (exact) mass is 394 g/mol. The van der Waals surface area contributed by atoms with E-state index >= 15 is 0 Å².